The van der Waals surface area contributed by atoms with Gasteiger partial charge in [-0.3, -0.25) is 0 Å². The highest BCUT2D eigenvalue weighted by atomic mass is 35.5. The Morgan fingerprint density at radius 1 is 1.44 bits per heavy atom. The molecule has 0 aliphatic heterocycles. The van der Waals surface area contributed by atoms with E-state index in [1.807, 2.05) is 0 Å². The van der Waals surface area contributed by atoms with Gasteiger partial charge >= 0.3 is 0 Å². The Kier molecular flexibility index (Phi) is 6.60. The van der Waals surface area contributed by atoms with Crippen LogP contribution >= 0.6 is 11.6 Å². The molecule has 0 radical (unpaired) electrons. The Morgan fingerprint density at radius 3 is 2.83 bits per heavy atom. The van der Waals surface area contributed by atoms with Crippen molar-refractivity contribution in [2.45, 2.75) is 26.7 Å². The summed E-state index contributed by atoms with van der Waals surface area (Å²) in [5, 5.41) is 0. The maximum atomic E-state index is 13.6. The lowest BCUT2D eigenvalue weighted by atomic mass is 10.1. The van der Waals surface area contributed by atoms with Crippen molar-refractivity contribution in [3.05, 3.63) is 29.6 Å². The SMILES string of the molecule is CCCC(C)COc1ccc(C#CCCl)c(F)c1. The zero-order valence-corrected chi connectivity index (χ0v) is 11.6. The van der Waals surface area contributed by atoms with Crippen LogP contribution in [0.25, 0.3) is 0 Å². The van der Waals surface area contributed by atoms with Crippen molar-refractivity contribution < 1.29 is 9.13 Å². The molecule has 0 amide bonds. The topological polar surface area (TPSA) is 9.23 Å². The van der Waals surface area contributed by atoms with Gasteiger partial charge in [0.1, 0.15) is 11.6 Å². The van der Waals surface area contributed by atoms with Crippen LogP contribution in [0.3, 0.4) is 0 Å². The third-order valence-corrected chi connectivity index (χ3v) is 2.68. The van der Waals surface area contributed by atoms with Crippen LogP contribution in [-0.2, 0) is 0 Å². The third kappa shape index (κ3) is 4.98. The summed E-state index contributed by atoms with van der Waals surface area (Å²) in [6.45, 7) is 4.88. The average Bonchev–Trinajstić information content (AvgIpc) is 2.35. The molecule has 1 nitrogen and oxygen atoms in total. The molecule has 1 aromatic rings. The molecule has 18 heavy (non-hydrogen) atoms. The number of alkyl halides is 1. The fraction of sp³-hybridized carbons (Fsp3) is 0.467. The third-order valence-electron chi connectivity index (χ3n) is 2.55. The summed E-state index contributed by atoms with van der Waals surface area (Å²) in [6, 6.07) is 4.73. The standard InChI is InChI=1S/C15H18ClFO/c1-3-5-12(2)11-18-14-8-7-13(6-4-9-16)15(17)10-14/h7-8,10,12H,3,5,9,11H2,1-2H3. The lowest BCUT2D eigenvalue weighted by Gasteiger charge is -2.12. The molecule has 0 spiro atoms. The molecule has 1 aromatic carbocycles. The quantitative estimate of drug-likeness (QED) is 0.574. The number of halogens is 2. The molecule has 3 heteroatoms. The predicted octanol–water partition coefficient (Wildman–Crippen LogP) is 4.23. The molecule has 0 aliphatic carbocycles. The number of ether oxygens (including phenoxy) is 1. The summed E-state index contributed by atoms with van der Waals surface area (Å²) in [7, 11) is 0. The Bertz CT molecular complexity index is 434. The Balaban J connectivity index is 2.61. The van der Waals surface area contributed by atoms with Gasteiger partial charge in [-0.15, -0.1) is 11.6 Å². The van der Waals surface area contributed by atoms with Crippen LogP contribution in [0.4, 0.5) is 4.39 Å². The van der Waals surface area contributed by atoms with Crippen LogP contribution in [0, 0.1) is 23.6 Å². The van der Waals surface area contributed by atoms with Gasteiger partial charge in [-0.2, -0.15) is 0 Å². The molecule has 0 saturated carbocycles. The fourth-order valence-corrected chi connectivity index (χ4v) is 1.70. The molecule has 0 aromatic heterocycles. The van der Waals surface area contributed by atoms with E-state index >= 15 is 0 Å². The predicted molar refractivity (Wildman–Crippen MR) is 73.6 cm³/mol. The van der Waals surface area contributed by atoms with Gasteiger partial charge in [0.25, 0.3) is 0 Å². The first-order valence-corrected chi connectivity index (χ1v) is 6.68. The monoisotopic (exact) mass is 268 g/mol. The largest absolute Gasteiger partial charge is 0.493 e. The van der Waals surface area contributed by atoms with Gasteiger partial charge in [-0.05, 0) is 24.5 Å². The Hall–Kier alpha value is -1.20. The maximum absolute atomic E-state index is 13.6. The zero-order chi connectivity index (χ0) is 13.4. The first kappa shape index (κ1) is 14.9. The molecule has 1 atom stereocenters. The van der Waals surface area contributed by atoms with Crippen molar-refractivity contribution >= 4 is 11.6 Å². The summed E-state index contributed by atoms with van der Waals surface area (Å²) in [6.07, 6.45) is 2.24. The fourth-order valence-electron chi connectivity index (χ4n) is 1.63. The minimum Gasteiger partial charge on any atom is -0.493 e. The number of hydrogen-bond donors (Lipinski definition) is 0. The zero-order valence-electron chi connectivity index (χ0n) is 10.8. The molecular formula is C15H18ClFO. The molecule has 0 saturated heterocycles. The van der Waals surface area contributed by atoms with Gasteiger partial charge in [0, 0.05) is 6.07 Å². The molecule has 0 aliphatic rings. The Morgan fingerprint density at radius 2 is 2.22 bits per heavy atom. The summed E-state index contributed by atoms with van der Waals surface area (Å²) >= 11 is 5.43. The van der Waals surface area contributed by atoms with E-state index in [4.69, 9.17) is 16.3 Å². The van der Waals surface area contributed by atoms with Crippen LogP contribution in [0.5, 0.6) is 5.75 Å². The van der Waals surface area contributed by atoms with Crippen molar-refractivity contribution in [1.82, 2.24) is 0 Å². The van der Waals surface area contributed by atoms with Crippen LogP contribution in [0.15, 0.2) is 18.2 Å². The van der Waals surface area contributed by atoms with E-state index in [0.29, 0.717) is 23.8 Å². The molecule has 1 rings (SSSR count). The molecular weight excluding hydrogens is 251 g/mol. The first-order valence-electron chi connectivity index (χ1n) is 6.14. The van der Waals surface area contributed by atoms with Gasteiger partial charge in [-0.1, -0.05) is 32.1 Å². The second-order valence-electron chi connectivity index (χ2n) is 4.28. The average molecular weight is 269 g/mol. The highest BCUT2D eigenvalue weighted by molar-refractivity contribution is 6.19. The molecule has 0 N–H and O–H groups in total. The van der Waals surface area contributed by atoms with E-state index < -0.39 is 0 Å². The summed E-state index contributed by atoms with van der Waals surface area (Å²) in [4.78, 5) is 0. The van der Waals surface area contributed by atoms with E-state index in [0.717, 1.165) is 12.8 Å². The van der Waals surface area contributed by atoms with Crippen LogP contribution in [-0.4, -0.2) is 12.5 Å². The molecule has 0 heterocycles. The molecule has 0 fully saturated rings. The van der Waals surface area contributed by atoms with Crippen molar-refractivity contribution in [3.8, 4) is 17.6 Å². The number of rotatable bonds is 5. The van der Waals surface area contributed by atoms with Gasteiger partial charge in [0.15, 0.2) is 0 Å². The Labute approximate surface area is 113 Å². The first-order chi connectivity index (χ1) is 8.67. The van der Waals surface area contributed by atoms with E-state index in [9.17, 15) is 4.39 Å². The second kappa shape index (κ2) is 8.00. The van der Waals surface area contributed by atoms with Gasteiger partial charge in [0.2, 0.25) is 0 Å². The summed E-state index contributed by atoms with van der Waals surface area (Å²) in [5.41, 5.74) is 0.351. The highest BCUT2D eigenvalue weighted by Crippen LogP contribution is 2.17. The maximum Gasteiger partial charge on any atom is 0.142 e. The van der Waals surface area contributed by atoms with E-state index in [1.165, 1.54) is 6.07 Å². The van der Waals surface area contributed by atoms with Crippen molar-refractivity contribution in [3.63, 3.8) is 0 Å². The normalized spacial score (nSPS) is 11.6. The van der Waals surface area contributed by atoms with Crippen LogP contribution in [0.1, 0.15) is 32.3 Å². The molecule has 0 bridgehead atoms. The van der Waals surface area contributed by atoms with Crippen molar-refractivity contribution in [2.75, 3.05) is 12.5 Å². The highest BCUT2D eigenvalue weighted by Gasteiger charge is 2.05. The van der Waals surface area contributed by atoms with Crippen molar-refractivity contribution in [1.29, 1.82) is 0 Å². The van der Waals surface area contributed by atoms with Crippen LogP contribution < -0.4 is 4.74 Å². The van der Waals surface area contributed by atoms with E-state index in [2.05, 4.69) is 25.7 Å². The lowest BCUT2D eigenvalue weighted by molar-refractivity contribution is 0.250. The van der Waals surface area contributed by atoms with Gasteiger partial charge in [-0.25, -0.2) is 4.39 Å². The summed E-state index contributed by atoms with van der Waals surface area (Å²) in [5.74, 6) is 6.15. The lowest BCUT2D eigenvalue weighted by Crippen LogP contribution is -2.08. The number of benzene rings is 1. The van der Waals surface area contributed by atoms with Gasteiger partial charge in [0.05, 0.1) is 18.1 Å². The van der Waals surface area contributed by atoms with Gasteiger partial charge < -0.3 is 4.74 Å². The smallest absolute Gasteiger partial charge is 0.142 e. The number of hydrogen-bond acceptors (Lipinski definition) is 1. The van der Waals surface area contributed by atoms with Crippen LogP contribution in [0.2, 0.25) is 0 Å². The summed E-state index contributed by atoms with van der Waals surface area (Å²) < 4.78 is 19.2. The minimum atomic E-state index is -0.367. The molecule has 98 valence electrons. The minimum absolute atomic E-state index is 0.201. The molecule has 1 unspecified atom stereocenters. The van der Waals surface area contributed by atoms with E-state index in [-0.39, 0.29) is 11.7 Å². The van der Waals surface area contributed by atoms with Crippen molar-refractivity contribution in [2.24, 2.45) is 5.92 Å². The van der Waals surface area contributed by atoms with E-state index in [1.54, 1.807) is 12.1 Å². The second-order valence-corrected chi connectivity index (χ2v) is 4.55.